The molecule has 7 nitrogen and oxygen atoms in total. The van der Waals surface area contributed by atoms with E-state index >= 15 is 0 Å². The molecule has 1 N–H and O–H groups in total. The Balaban J connectivity index is 1.31. The maximum absolute atomic E-state index is 13.2. The van der Waals surface area contributed by atoms with E-state index in [4.69, 9.17) is 0 Å². The average Bonchev–Trinajstić information content (AvgIpc) is 3.35. The molecule has 0 aliphatic carbocycles. The first-order valence-corrected chi connectivity index (χ1v) is 14.3. The highest BCUT2D eigenvalue weighted by molar-refractivity contribution is 7.91. The van der Waals surface area contributed by atoms with Crippen LogP contribution in [-0.4, -0.2) is 55.6 Å². The van der Waals surface area contributed by atoms with Gasteiger partial charge >= 0.3 is 0 Å². The van der Waals surface area contributed by atoms with Crippen molar-refractivity contribution in [2.75, 3.05) is 26.2 Å². The standard InChI is InChI=1S/C25H33N3O4S2/c1-18-3-5-20(6-4-18)16-26-24(29)21-9-13-28(14-10-21)34(31,32)23-15-22(17-33-23)25(30)27-11-7-19(2)8-12-27/h3-6,15,17,19,21H,7-14,16H2,1-2H3,(H,26,29). The Hall–Kier alpha value is -2.23. The summed E-state index contributed by atoms with van der Waals surface area (Å²) in [4.78, 5) is 27.2. The molecule has 3 heterocycles. The Morgan fingerprint density at radius 1 is 1.03 bits per heavy atom. The number of benzene rings is 1. The van der Waals surface area contributed by atoms with Crippen LogP contribution in [0.2, 0.25) is 0 Å². The van der Waals surface area contributed by atoms with Crippen molar-refractivity contribution in [3.05, 3.63) is 52.4 Å². The highest BCUT2D eigenvalue weighted by atomic mass is 32.2. The van der Waals surface area contributed by atoms with E-state index in [1.807, 2.05) is 36.1 Å². The maximum atomic E-state index is 13.2. The van der Waals surface area contributed by atoms with Crippen molar-refractivity contribution in [1.29, 1.82) is 0 Å². The summed E-state index contributed by atoms with van der Waals surface area (Å²) in [7, 11) is -3.67. The van der Waals surface area contributed by atoms with Crippen LogP contribution in [0.15, 0.2) is 39.9 Å². The summed E-state index contributed by atoms with van der Waals surface area (Å²) in [5.74, 6) is 0.306. The fourth-order valence-corrected chi connectivity index (χ4v) is 7.26. The van der Waals surface area contributed by atoms with Gasteiger partial charge in [-0.2, -0.15) is 4.31 Å². The number of nitrogens with one attached hydrogen (secondary N) is 1. The Labute approximate surface area is 206 Å². The largest absolute Gasteiger partial charge is 0.352 e. The van der Waals surface area contributed by atoms with Crippen LogP contribution in [0.4, 0.5) is 0 Å². The van der Waals surface area contributed by atoms with E-state index in [9.17, 15) is 18.0 Å². The molecule has 0 radical (unpaired) electrons. The van der Waals surface area contributed by atoms with Crippen LogP contribution in [0.1, 0.15) is 54.1 Å². The second-order valence-corrected chi connectivity index (χ2v) is 12.6. The summed E-state index contributed by atoms with van der Waals surface area (Å²) in [6.07, 6.45) is 2.94. The second-order valence-electron chi connectivity index (χ2n) is 9.51. The molecule has 34 heavy (non-hydrogen) atoms. The lowest BCUT2D eigenvalue weighted by Gasteiger charge is -2.30. The molecule has 1 aromatic carbocycles. The number of hydrogen-bond acceptors (Lipinski definition) is 5. The number of sulfonamides is 1. The third-order valence-corrected chi connectivity index (χ3v) is 10.2. The minimum Gasteiger partial charge on any atom is -0.352 e. The van der Waals surface area contributed by atoms with E-state index in [0.29, 0.717) is 44.0 Å². The zero-order valence-corrected chi connectivity index (χ0v) is 21.5. The summed E-state index contributed by atoms with van der Waals surface area (Å²) in [6, 6.07) is 9.54. The number of rotatable bonds is 6. The number of nitrogens with zero attached hydrogens (tertiary/aromatic N) is 2. The van der Waals surface area contributed by atoms with Crippen LogP contribution in [0, 0.1) is 18.8 Å². The fourth-order valence-electron chi connectivity index (χ4n) is 4.48. The molecule has 1 aromatic heterocycles. The molecule has 0 spiro atoms. The lowest BCUT2D eigenvalue weighted by atomic mass is 9.97. The van der Waals surface area contributed by atoms with Crippen LogP contribution in [0.5, 0.6) is 0 Å². The van der Waals surface area contributed by atoms with Crippen LogP contribution >= 0.6 is 11.3 Å². The number of piperidine rings is 2. The normalized spacial score (nSPS) is 18.7. The van der Waals surface area contributed by atoms with Gasteiger partial charge in [-0.15, -0.1) is 11.3 Å². The first-order chi connectivity index (χ1) is 16.2. The molecule has 2 amide bonds. The van der Waals surface area contributed by atoms with Crippen LogP contribution < -0.4 is 5.32 Å². The topological polar surface area (TPSA) is 86.8 Å². The minimum absolute atomic E-state index is 0.0301. The smallest absolute Gasteiger partial charge is 0.254 e. The Kier molecular flexibility index (Phi) is 7.74. The monoisotopic (exact) mass is 503 g/mol. The van der Waals surface area contributed by atoms with Gasteiger partial charge in [-0.25, -0.2) is 8.42 Å². The summed E-state index contributed by atoms with van der Waals surface area (Å²) in [6.45, 7) is 6.72. The molecular weight excluding hydrogens is 470 g/mol. The highest BCUT2D eigenvalue weighted by Gasteiger charge is 2.33. The number of amides is 2. The van der Waals surface area contributed by atoms with Crippen LogP contribution in [0.3, 0.4) is 0 Å². The Morgan fingerprint density at radius 2 is 1.68 bits per heavy atom. The molecule has 2 aromatic rings. The first kappa shape index (κ1) is 24.9. The predicted molar refractivity (Wildman–Crippen MR) is 133 cm³/mol. The van der Waals surface area contributed by atoms with Crippen molar-refractivity contribution in [2.45, 2.75) is 50.3 Å². The van der Waals surface area contributed by atoms with Crippen molar-refractivity contribution in [2.24, 2.45) is 11.8 Å². The molecule has 184 valence electrons. The van der Waals surface area contributed by atoms with Gasteiger partial charge in [0.1, 0.15) is 4.21 Å². The van der Waals surface area contributed by atoms with E-state index in [2.05, 4.69) is 12.2 Å². The first-order valence-electron chi connectivity index (χ1n) is 12.0. The number of carbonyl (C=O) groups is 2. The number of likely N-dealkylation sites (tertiary alicyclic amines) is 1. The summed E-state index contributed by atoms with van der Waals surface area (Å²) < 4.78 is 28.0. The fraction of sp³-hybridized carbons (Fsp3) is 0.520. The molecule has 0 bridgehead atoms. The average molecular weight is 504 g/mol. The molecule has 0 saturated carbocycles. The third-order valence-electron chi connectivity index (χ3n) is 6.90. The van der Waals surface area contributed by atoms with E-state index < -0.39 is 10.0 Å². The second kappa shape index (κ2) is 10.6. The Morgan fingerprint density at radius 3 is 2.32 bits per heavy atom. The summed E-state index contributed by atoms with van der Waals surface area (Å²) >= 11 is 1.10. The van der Waals surface area contributed by atoms with Crippen molar-refractivity contribution < 1.29 is 18.0 Å². The molecule has 4 rings (SSSR count). The van der Waals surface area contributed by atoms with Crippen LogP contribution in [-0.2, 0) is 21.4 Å². The van der Waals surface area contributed by atoms with E-state index in [1.54, 1.807) is 5.38 Å². The number of aryl methyl sites for hydroxylation is 1. The molecule has 0 atom stereocenters. The van der Waals surface area contributed by atoms with Gasteiger partial charge in [0.15, 0.2) is 0 Å². The SMILES string of the molecule is Cc1ccc(CNC(=O)C2CCN(S(=O)(=O)c3cc(C(=O)N4CCC(C)CC4)cs3)CC2)cc1. The lowest BCUT2D eigenvalue weighted by Crippen LogP contribution is -2.42. The molecule has 2 aliphatic rings. The van der Waals surface area contributed by atoms with Gasteiger partial charge in [-0.05, 0) is 50.2 Å². The molecule has 2 fully saturated rings. The highest BCUT2D eigenvalue weighted by Crippen LogP contribution is 2.29. The number of thiophene rings is 1. The molecule has 2 saturated heterocycles. The van der Waals surface area contributed by atoms with Crippen LogP contribution in [0.25, 0.3) is 0 Å². The summed E-state index contributed by atoms with van der Waals surface area (Å²) in [5, 5.41) is 4.63. The van der Waals surface area contributed by atoms with Crippen molar-refractivity contribution >= 4 is 33.2 Å². The van der Waals surface area contributed by atoms with Crippen molar-refractivity contribution in [3.63, 3.8) is 0 Å². The van der Waals surface area contributed by atoms with Gasteiger partial charge in [0.05, 0.1) is 5.56 Å². The molecule has 2 aliphatic heterocycles. The summed E-state index contributed by atoms with van der Waals surface area (Å²) in [5.41, 5.74) is 2.66. The van der Waals surface area contributed by atoms with Gasteiger partial charge in [0.2, 0.25) is 5.91 Å². The van der Waals surface area contributed by atoms with Gasteiger partial charge in [-0.3, -0.25) is 9.59 Å². The maximum Gasteiger partial charge on any atom is 0.254 e. The van der Waals surface area contributed by atoms with E-state index in [1.165, 1.54) is 15.9 Å². The van der Waals surface area contributed by atoms with Gasteiger partial charge in [0.25, 0.3) is 15.9 Å². The molecular formula is C25H33N3O4S2. The molecule has 9 heteroatoms. The Bertz CT molecular complexity index is 1110. The number of hydrogen-bond donors (Lipinski definition) is 1. The minimum atomic E-state index is -3.67. The zero-order chi connectivity index (χ0) is 24.3. The quantitative estimate of drug-likeness (QED) is 0.652. The van der Waals surface area contributed by atoms with E-state index in [0.717, 1.165) is 42.8 Å². The van der Waals surface area contributed by atoms with Gasteiger partial charge < -0.3 is 10.2 Å². The van der Waals surface area contributed by atoms with Gasteiger partial charge in [-0.1, -0.05) is 36.8 Å². The zero-order valence-electron chi connectivity index (χ0n) is 19.8. The lowest BCUT2D eigenvalue weighted by molar-refractivity contribution is -0.126. The van der Waals surface area contributed by atoms with E-state index in [-0.39, 0.29) is 21.9 Å². The van der Waals surface area contributed by atoms with Gasteiger partial charge in [0, 0.05) is 44.0 Å². The van der Waals surface area contributed by atoms with Crippen molar-refractivity contribution in [1.82, 2.24) is 14.5 Å². The third kappa shape index (κ3) is 5.70. The predicted octanol–water partition coefficient (Wildman–Crippen LogP) is 3.65. The van der Waals surface area contributed by atoms with Crippen molar-refractivity contribution in [3.8, 4) is 0 Å². The molecule has 0 unspecified atom stereocenters. The number of carbonyl (C=O) groups excluding carboxylic acids is 2.